The topological polar surface area (TPSA) is 38.9 Å². The summed E-state index contributed by atoms with van der Waals surface area (Å²) in [7, 11) is 0. The molecule has 1 aromatic heterocycles. The standard InChI is InChI=1S/C11H11ClN2S/c12-9-3-1-8(2-4-9)5-10(13)11-6-15-7-14-11/h1-4,6-7,10H,5,13H2. The predicted octanol–water partition coefficient (Wildman–Crippen LogP) is 3.04. The van der Waals surface area contributed by atoms with Gasteiger partial charge in [-0.05, 0) is 24.1 Å². The average molecular weight is 239 g/mol. The highest BCUT2D eigenvalue weighted by Gasteiger charge is 2.08. The van der Waals surface area contributed by atoms with Crippen LogP contribution in [0.1, 0.15) is 17.3 Å². The van der Waals surface area contributed by atoms with Crippen LogP contribution in [0.3, 0.4) is 0 Å². The van der Waals surface area contributed by atoms with Crippen molar-refractivity contribution in [2.24, 2.45) is 5.73 Å². The second-order valence-electron chi connectivity index (χ2n) is 3.35. The Hall–Kier alpha value is -0.900. The smallest absolute Gasteiger partial charge is 0.0795 e. The predicted molar refractivity (Wildman–Crippen MR) is 64.2 cm³/mol. The molecule has 0 fully saturated rings. The van der Waals surface area contributed by atoms with Crippen LogP contribution in [0.2, 0.25) is 5.02 Å². The van der Waals surface area contributed by atoms with Crippen LogP contribution in [0.25, 0.3) is 0 Å². The highest BCUT2D eigenvalue weighted by molar-refractivity contribution is 7.07. The number of rotatable bonds is 3. The van der Waals surface area contributed by atoms with E-state index in [-0.39, 0.29) is 6.04 Å². The highest BCUT2D eigenvalue weighted by Crippen LogP contribution is 2.17. The van der Waals surface area contributed by atoms with Gasteiger partial charge in [0.05, 0.1) is 17.2 Å². The second kappa shape index (κ2) is 4.75. The Bertz CT molecular complexity index is 411. The van der Waals surface area contributed by atoms with E-state index in [0.717, 1.165) is 17.1 Å². The van der Waals surface area contributed by atoms with Gasteiger partial charge in [-0.2, -0.15) is 0 Å². The van der Waals surface area contributed by atoms with Crippen LogP contribution in [0.5, 0.6) is 0 Å². The minimum Gasteiger partial charge on any atom is -0.322 e. The molecule has 2 N–H and O–H groups in total. The zero-order valence-corrected chi connectivity index (χ0v) is 9.63. The Morgan fingerprint density at radius 3 is 2.67 bits per heavy atom. The van der Waals surface area contributed by atoms with Crippen LogP contribution >= 0.6 is 22.9 Å². The second-order valence-corrected chi connectivity index (χ2v) is 4.51. The van der Waals surface area contributed by atoms with Gasteiger partial charge in [-0.25, -0.2) is 4.98 Å². The van der Waals surface area contributed by atoms with Gasteiger partial charge < -0.3 is 5.73 Å². The SMILES string of the molecule is NC(Cc1ccc(Cl)cc1)c1cscn1. The lowest BCUT2D eigenvalue weighted by atomic mass is 10.1. The molecule has 0 saturated carbocycles. The van der Waals surface area contributed by atoms with E-state index < -0.39 is 0 Å². The molecule has 0 aliphatic heterocycles. The summed E-state index contributed by atoms with van der Waals surface area (Å²) in [4.78, 5) is 4.20. The van der Waals surface area contributed by atoms with Crippen LogP contribution in [0, 0.1) is 0 Å². The molecule has 2 rings (SSSR count). The molecule has 1 atom stereocenters. The van der Waals surface area contributed by atoms with Crippen LogP contribution < -0.4 is 5.73 Å². The van der Waals surface area contributed by atoms with Gasteiger partial charge in [0.25, 0.3) is 0 Å². The van der Waals surface area contributed by atoms with Crippen molar-refractivity contribution in [2.75, 3.05) is 0 Å². The Kier molecular flexibility index (Phi) is 3.36. The van der Waals surface area contributed by atoms with Crippen molar-refractivity contribution in [1.29, 1.82) is 0 Å². The maximum Gasteiger partial charge on any atom is 0.0795 e. The summed E-state index contributed by atoms with van der Waals surface area (Å²) >= 11 is 7.37. The zero-order valence-electron chi connectivity index (χ0n) is 8.06. The molecule has 0 saturated heterocycles. The lowest BCUT2D eigenvalue weighted by Crippen LogP contribution is -2.13. The van der Waals surface area contributed by atoms with Gasteiger partial charge in [0.2, 0.25) is 0 Å². The molecule has 0 amide bonds. The van der Waals surface area contributed by atoms with E-state index in [0.29, 0.717) is 0 Å². The maximum absolute atomic E-state index is 6.02. The summed E-state index contributed by atoms with van der Waals surface area (Å²) in [5, 5.41) is 2.74. The molecule has 2 nitrogen and oxygen atoms in total. The van der Waals surface area contributed by atoms with E-state index in [1.807, 2.05) is 29.6 Å². The summed E-state index contributed by atoms with van der Waals surface area (Å²) in [5.74, 6) is 0. The molecule has 1 aromatic carbocycles. The lowest BCUT2D eigenvalue weighted by molar-refractivity contribution is 0.702. The monoisotopic (exact) mass is 238 g/mol. The summed E-state index contributed by atoms with van der Waals surface area (Å²) in [6.45, 7) is 0. The quantitative estimate of drug-likeness (QED) is 0.893. The van der Waals surface area contributed by atoms with Gasteiger partial charge in [0.1, 0.15) is 0 Å². The lowest BCUT2D eigenvalue weighted by Gasteiger charge is -2.08. The fourth-order valence-corrected chi connectivity index (χ4v) is 2.13. The number of halogens is 1. The van der Waals surface area contributed by atoms with Gasteiger partial charge in [-0.3, -0.25) is 0 Å². The number of hydrogen-bond acceptors (Lipinski definition) is 3. The molecule has 4 heteroatoms. The molecule has 0 bridgehead atoms. The molecule has 1 heterocycles. The molecule has 0 aliphatic carbocycles. The van der Waals surface area contributed by atoms with E-state index in [4.69, 9.17) is 17.3 Å². The van der Waals surface area contributed by atoms with E-state index in [9.17, 15) is 0 Å². The van der Waals surface area contributed by atoms with Crippen molar-refractivity contribution in [2.45, 2.75) is 12.5 Å². The minimum absolute atomic E-state index is 0.0302. The molecule has 0 radical (unpaired) electrons. The van der Waals surface area contributed by atoms with Gasteiger partial charge in [0, 0.05) is 10.4 Å². The molecular weight excluding hydrogens is 228 g/mol. The van der Waals surface area contributed by atoms with E-state index in [2.05, 4.69) is 4.98 Å². The van der Waals surface area contributed by atoms with Crippen molar-refractivity contribution in [3.8, 4) is 0 Å². The van der Waals surface area contributed by atoms with Crippen molar-refractivity contribution >= 4 is 22.9 Å². The van der Waals surface area contributed by atoms with Gasteiger partial charge in [0.15, 0.2) is 0 Å². The van der Waals surface area contributed by atoms with Crippen LogP contribution in [-0.2, 0) is 6.42 Å². The Labute approximate surface area is 97.7 Å². The summed E-state index contributed by atoms with van der Waals surface area (Å²) < 4.78 is 0. The van der Waals surface area contributed by atoms with Crippen LogP contribution in [-0.4, -0.2) is 4.98 Å². The molecule has 1 unspecified atom stereocenters. The minimum atomic E-state index is -0.0302. The number of nitrogens with zero attached hydrogens (tertiary/aromatic N) is 1. The molecule has 0 aliphatic rings. The molecule has 78 valence electrons. The van der Waals surface area contributed by atoms with E-state index >= 15 is 0 Å². The third-order valence-corrected chi connectivity index (χ3v) is 3.06. The van der Waals surface area contributed by atoms with Gasteiger partial charge in [-0.15, -0.1) is 11.3 Å². The first kappa shape index (κ1) is 10.6. The van der Waals surface area contributed by atoms with Crippen molar-refractivity contribution in [3.05, 3.63) is 51.4 Å². The molecule has 2 aromatic rings. The number of aromatic nitrogens is 1. The van der Waals surface area contributed by atoms with Gasteiger partial charge >= 0.3 is 0 Å². The van der Waals surface area contributed by atoms with Crippen LogP contribution in [0.4, 0.5) is 0 Å². The Morgan fingerprint density at radius 1 is 1.33 bits per heavy atom. The first-order chi connectivity index (χ1) is 7.25. The van der Waals surface area contributed by atoms with E-state index in [1.165, 1.54) is 5.56 Å². The maximum atomic E-state index is 6.02. The molecule has 0 spiro atoms. The summed E-state index contributed by atoms with van der Waals surface area (Å²) in [5.41, 5.74) is 9.96. The number of nitrogens with two attached hydrogens (primary N) is 1. The summed E-state index contributed by atoms with van der Waals surface area (Å²) in [6, 6.07) is 7.72. The van der Waals surface area contributed by atoms with Crippen LogP contribution in [0.15, 0.2) is 35.2 Å². The normalized spacial score (nSPS) is 12.7. The largest absolute Gasteiger partial charge is 0.322 e. The van der Waals surface area contributed by atoms with Gasteiger partial charge in [-0.1, -0.05) is 23.7 Å². The fourth-order valence-electron chi connectivity index (χ4n) is 1.38. The first-order valence-electron chi connectivity index (χ1n) is 4.64. The highest BCUT2D eigenvalue weighted by atomic mass is 35.5. The summed E-state index contributed by atoms with van der Waals surface area (Å²) in [6.07, 6.45) is 0.793. The van der Waals surface area contributed by atoms with Crippen molar-refractivity contribution in [3.63, 3.8) is 0 Å². The Balaban J connectivity index is 2.06. The van der Waals surface area contributed by atoms with E-state index in [1.54, 1.807) is 16.8 Å². The van der Waals surface area contributed by atoms with Crippen molar-refractivity contribution < 1.29 is 0 Å². The van der Waals surface area contributed by atoms with Crippen molar-refractivity contribution in [1.82, 2.24) is 4.98 Å². The third-order valence-electron chi connectivity index (χ3n) is 2.20. The number of hydrogen-bond donors (Lipinski definition) is 1. The average Bonchev–Trinajstić information content (AvgIpc) is 2.74. The first-order valence-corrected chi connectivity index (χ1v) is 5.96. The fraction of sp³-hybridized carbons (Fsp3) is 0.182. The molecule has 15 heavy (non-hydrogen) atoms. The third kappa shape index (κ3) is 2.78. The Morgan fingerprint density at radius 2 is 2.07 bits per heavy atom. The zero-order chi connectivity index (χ0) is 10.7. The molecular formula is C11H11ClN2S. The number of benzene rings is 1. The number of thiazole rings is 1.